The Morgan fingerprint density at radius 2 is 1.89 bits per heavy atom. The summed E-state index contributed by atoms with van der Waals surface area (Å²) in [6, 6.07) is 8.56. The average molecular weight is 506 g/mol. The van der Waals surface area contributed by atoms with Crippen molar-refractivity contribution >= 4 is 23.1 Å². The summed E-state index contributed by atoms with van der Waals surface area (Å²) >= 11 is 1.58. The van der Waals surface area contributed by atoms with Crippen molar-refractivity contribution in [3.63, 3.8) is 0 Å². The maximum Gasteiger partial charge on any atom is 0.416 e. The number of allylic oxidation sites excluding steroid dienone is 3. The second kappa shape index (κ2) is 10.4. The molecule has 1 aliphatic carbocycles. The third kappa shape index (κ3) is 5.36. The molecule has 2 heterocycles. The van der Waals surface area contributed by atoms with Crippen LogP contribution in [0.15, 0.2) is 64.3 Å². The number of nitrogens with one attached hydrogen (secondary N) is 1. The fourth-order valence-corrected chi connectivity index (χ4v) is 5.48. The van der Waals surface area contributed by atoms with E-state index in [1.807, 2.05) is 24.4 Å². The number of hydrogen-bond acceptors (Lipinski definition) is 6. The van der Waals surface area contributed by atoms with Gasteiger partial charge in [-0.25, -0.2) is 4.79 Å². The molecule has 9 heteroatoms. The van der Waals surface area contributed by atoms with E-state index in [0.29, 0.717) is 35.6 Å². The standard InChI is InChI=1S/C26H26F3NO4S/c1-3-33-10-11-34-25(32)22-15(2)30-19-13-17(21-5-4-12-35-21)14-20(31)24(19)23(22)16-6-8-18(9-7-16)26(27,28)29/h4-9,12,17,23,30H,3,10-11,13-14H2,1-2H3/t17-,23+/m0/s1. The van der Waals surface area contributed by atoms with Gasteiger partial charge in [0, 0.05) is 46.7 Å². The van der Waals surface area contributed by atoms with Gasteiger partial charge in [0.25, 0.3) is 0 Å². The minimum atomic E-state index is -4.49. The number of dihydropyridines is 1. The van der Waals surface area contributed by atoms with Gasteiger partial charge >= 0.3 is 12.1 Å². The van der Waals surface area contributed by atoms with Crippen LogP contribution in [-0.2, 0) is 25.2 Å². The summed E-state index contributed by atoms with van der Waals surface area (Å²) in [7, 11) is 0. The number of thiophene rings is 1. The molecule has 1 aliphatic heterocycles. The second-order valence-corrected chi connectivity index (χ2v) is 9.46. The summed E-state index contributed by atoms with van der Waals surface area (Å²) in [6.07, 6.45) is -3.65. The van der Waals surface area contributed by atoms with Crippen LogP contribution in [-0.4, -0.2) is 31.6 Å². The molecular formula is C26H26F3NO4S. The smallest absolute Gasteiger partial charge is 0.416 e. The number of halogens is 3. The van der Waals surface area contributed by atoms with E-state index in [0.717, 1.165) is 17.0 Å². The van der Waals surface area contributed by atoms with E-state index in [9.17, 15) is 22.8 Å². The molecule has 1 N–H and O–H groups in total. The van der Waals surface area contributed by atoms with E-state index in [2.05, 4.69) is 5.32 Å². The van der Waals surface area contributed by atoms with E-state index in [-0.39, 0.29) is 36.9 Å². The Balaban J connectivity index is 1.73. The van der Waals surface area contributed by atoms with Gasteiger partial charge in [-0.15, -0.1) is 11.3 Å². The van der Waals surface area contributed by atoms with Crippen LogP contribution in [0.25, 0.3) is 0 Å². The highest BCUT2D eigenvalue weighted by Crippen LogP contribution is 2.46. The molecule has 2 atom stereocenters. The monoisotopic (exact) mass is 505 g/mol. The molecule has 0 amide bonds. The molecule has 1 aromatic heterocycles. The van der Waals surface area contributed by atoms with Crippen molar-refractivity contribution in [1.29, 1.82) is 0 Å². The Morgan fingerprint density at radius 3 is 2.51 bits per heavy atom. The molecule has 5 nitrogen and oxygen atoms in total. The minimum absolute atomic E-state index is 0.00880. The summed E-state index contributed by atoms with van der Waals surface area (Å²) < 4.78 is 50.1. The Morgan fingerprint density at radius 1 is 1.14 bits per heavy atom. The summed E-state index contributed by atoms with van der Waals surface area (Å²) in [6.45, 7) is 4.28. The topological polar surface area (TPSA) is 64.6 Å². The average Bonchev–Trinajstić information content (AvgIpc) is 3.35. The Labute approximate surface area is 205 Å². The molecule has 0 unspecified atom stereocenters. The number of ether oxygens (including phenoxy) is 2. The van der Waals surface area contributed by atoms with Gasteiger partial charge in [0.2, 0.25) is 0 Å². The van der Waals surface area contributed by atoms with Crippen molar-refractivity contribution in [3.05, 3.63) is 80.3 Å². The van der Waals surface area contributed by atoms with E-state index in [4.69, 9.17) is 9.47 Å². The number of Topliss-reactive ketones (excluding diaryl/α,β-unsaturated/α-hetero) is 1. The zero-order valence-electron chi connectivity index (χ0n) is 19.4. The maximum absolute atomic E-state index is 13.5. The minimum Gasteiger partial charge on any atom is -0.460 e. The number of carbonyl (C=O) groups is 2. The molecule has 186 valence electrons. The van der Waals surface area contributed by atoms with Gasteiger partial charge in [-0.05, 0) is 49.4 Å². The van der Waals surface area contributed by atoms with Crippen LogP contribution in [0, 0.1) is 0 Å². The van der Waals surface area contributed by atoms with Crippen molar-refractivity contribution in [1.82, 2.24) is 5.32 Å². The Hall–Kier alpha value is -2.91. The predicted octanol–water partition coefficient (Wildman–Crippen LogP) is 5.71. The molecule has 0 bridgehead atoms. The largest absolute Gasteiger partial charge is 0.460 e. The third-order valence-corrected chi connectivity index (χ3v) is 7.26. The molecule has 0 radical (unpaired) electrons. The first-order valence-electron chi connectivity index (χ1n) is 11.4. The number of esters is 1. The first-order chi connectivity index (χ1) is 16.7. The summed E-state index contributed by atoms with van der Waals surface area (Å²) in [5.74, 6) is -1.56. The molecule has 1 aromatic carbocycles. The number of ketones is 1. The molecule has 2 aliphatic rings. The van der Waals surface area contributed by atoms with Gasteiger partial charge in [0.15, 0.2) is 5.78 Å². The first kappa shape index (κ1) is 25.2. The van der Waals surface area contributed by atoms with Crippen molar-refractivity contribution in [2.75, 3.05) is 19.8 Å². The van der Waals surface area contributed by atoms with Crippen LogP contribution < -0.4 is 5.32 Å². The maximum atomic E-state index is 13.5. The number of benzene rings is 1. The molecule has 35 heavy (non-hydrogen) atoms. The molecule has 0 spiro atoms. The van der Waals surface area contributed by atoms with Crippen LogP contribution >= 0.6 is 11.3 Å². The van der Waals surface area contributed by atoms with E-state index < -0.39 is 23.6 Å². The Bertz CT molecular complexity index is 1150. The zero-order valence-corrected chi connectivity index (χ0v) is 20.2. The lowest BCUT2D eigenvalue weighted by molar-refractivity contribution is -0.141. The SMILES string of the molecule is CCOCCOC(=O)C1=C(C)NC2=C(C(=O)C[C@@H](c3cccs3)C2)[C@@H]1c1ccc(C(F)(F)F)cc1. The van der Waals surface area contributed by atoms with Gasteiger partial charge in [0.1, 0.15) is 6.61 Å². The van der Waals surface area contributed by atoms with Gasteiger partial charge in [-0.3, -0.25) is 4.79 Å². The molecular weight excluding hydrogens is 479 g/mol. The fourth-order valence-electron chi connectivity index (χ4n) is 4.65. The van der Waals surface area contributed by atoms with Gasteiger partial charge in [-0.1, -0.05) is 18.2 Å². The third-order valence-electron chi connectivity index (χ3n) is 6.23. The van der Waals surface area contributed by atoms with Crippen LogP contribution in [0.5, 0.6) is 0 Å². The molecule has 2 aromatic rings. The predicted molar refractivity (Wildman–Crippen MR) is 126 cm³/mol. The quantitative estimate of drug-likeness (QED) is 0.386. The fraction of sp³-hybridized carbons (Fsp3) is 0.385. The van der Waals surface area contributed by atoms with Gasteiger partial charge < -0.3 is 14.8 Å². The summed E-state index contributed by atoms with van der Waals surface area (Å²) in [5, 5.41) is 5.20. The highest BCUT2D eigenvalue weighted by molar-refractivity contribution is 7.10. The first-order valence-corrected chi connectivity index (χ1v) is 12.3. The van der Waals surface area contributed by atoms with Crippen LogP contribution in [0.2, 0.25) is 0 Å². The van der Waals surface area contributed by atoms with E-state index in [1.54, 1.807) is 18.3 Å². The van der Waals surface area contributed by atoms with E-state index in [1.165, 1.54) is 12.1 Å². The van der Waals surface area contributed by atoms with Gasteiger partial charge in [0.05, 0.1) is 17.7 Å². The normalized spacial score (nSPS) is 20.5. The molecule has 0 fully saturated rings. The van der Waals surface area contributed by atoms with Crippen LogP contribution in [0.1, 0.15) is 54.5 Å². The lowest BCUT2D eigenvalue weighted by Crippen LogP contribution is -2.36. The molecule has 0 saturated carbocycles. The summed E-state index contributed by atoms with van der Waals surface area (Å²) in [4.78, 5) is 27.7. The molecule has 4 rings (SSSR count). The van der Waals surface area contributed by atoms with Crippen molar-refractivity contribution < 1.29 is 32.2 Å². The van der Waals surface area contributed by atoms with Crippen LogP contribution in [0.3, 0.4) is 0 Å². The Kier molecular flexibility index (Phi) is 7.47. The molecule has 0 saturated heterocycles. The second-order valence-electron chi connectivity index (χ2n) is 8.49. The van der Waals surface area contributed by atoms with Gasteiger partial charge in [-0.2, -0.15) is 13.2 Å². The highest BCUT2D eigenvalue weighted by atomic mass is 32.1. The van der Waals surface area contributed by atoms with Crippen molar-refractivity contribution in [3.8, 4) is 0 Å². The van der Waals surface area contributed by atoms with E-state index >= 15 is 0 Å². The number of carbonyl (C=O) groups excluding carboxylic acids is 2. The summed E-state index contributed by atoms with van der Waals surface area (Å²) in [5.41, 5.74) is 1.51. The number of rotatable bonds is 7. The number of alkyl halides is 3. The lowest BCUT2D eigenvalue weighted by Gasteiger charge is -2.36. The lowest BCUT2D eigenvalue weighted by atomic mass is 9.72. The highest BCUT2D eigenvalue weighted by Gasteiger charge is 2.42. The van der Waals surface area contributed by atoms with Crippen molar-refractivity contribution in [2.24, 2.45) is 0 Å². The number of hydrogen-bond donors (Lipinski definition) is 1. The van der Waals surface area contributed by atoms with Crippen molar-refractivity contribution in [2.45, 2.75) is 44.7 Å². The van der Waals surface area contributed by atoms with Crippen LogP contribution in [0.4, 0.5) is 13.2 Å². The zero-order chi connectivity index (χ0) is 25.2.